The number of hydrogen-bond donors (Lipinski definition) is 1. The number of ketones is 1. The van der Waals surface area contributed by atoms with Crippen LogP contribution in [0.1, 0.15) is 67.3 Å². The fourth-order valence-corrected chi connectivity index (χ4v) is 4.44. The predicted molar refractivity (Wildman–Crippen MR) is 134 cm³/mol. The molecule has 0 radical (unpaired) electrons. The van der Waals surface area contributed by atoms with Crippen molar-refractivity contribution >= 4 is 23.1 Å². The van der Waals surface area contributed by atoms with Gasteiger partial charge in [-0.2, -0.15) is 0 Å². The van der Waals surface area contributed by atoms with Crippen LogP contribution in [0.5, 0.6) is 5.75 Å². The Morgan fingerprint density at radius 1 is 1.09 bits per heavy atom. The minimum Gasteiger partial charge on any atom is -0.497 e. The third kappa shape index (κ3) is 5.21. The van der Waals surface area contributed by atoms with Crippen molar-refractivity contribution in [3.05, 3.63) is 70.3 Å². The molecule has 0 spiro atoms. The summed E-state index contributed by atoms with van der Waals surface area (Å²) >= 11 is 6.15. The molecule has 1 aromatic heterocycles. The Bertz CT molecular complexity index is 1190. The molecular weight excluding hydrogens is 450 g/mol. The maximum Gasteiger partial charge on any atom is 0.162 e. The highest BCUT2D eigenvalue weighted by Crippen LogP contribution is 2.34. The van der Waals surface area contributed by atoms with Crippen LogP contribution in [0.3, 0.4) is 0 Å². The number of ether oxygens (including phenoxy) is 1. The van der Waals surface area contributed by atoms with Crippen molar-refractivity contribution in [1.29, 1.82) is 0 Å². The number of benzene rings is 2. The zero-order valence-corrected chi connectivity index (χ0v) is 20.4. The standard InChI is InChI=1S/C26H30ClN5O2/c1-17-30-31-26-23(15-20(33)7-5-3-4-6-14-28)29-25(18-8-10-19(27)11-9-18)22-16-21(34-2)12-13-24(22)32(17)26/h8-13,16,23H,3-7,14-15,28H2,1-2H3. The van der Waals surface area contributed by atoms with E-state index >= 15 is 0 Å². The fourth-order valence-electron chi connectivity index (χ4n) is 4.31. The van der Waals surface area contributed by atoms with Crippen molar-refractivity contribution in [2.45, 2.75) is 51.5 Å². The number of rotatable bonds is 10. The predicted octanol–water partition coefficient (Wildman–Crippen LogP) is 5.00. The summed E-state index contributed by atoms with van der Waals surface area (Å²) in [5, 5.41) is 9.41. The molecule has 1 atom stereocenters. The third-order valence-electron chi connectivity index (χ3n) is 6.08. The highest BCUT2D eigenvalue weighted by molar-refractivity contribution is 6.30. The number of unbranched alkanes of at least 4 members (excludes halogenated alkanes) is 3. The van der Waals surface area contributed by atoms with Crippen LogP contribution in [0, 0.1) is 6.92 Å². The fraction of sp³-hybridized carbons (Fsp3) is 0.385. The molecule has 1 aliphatic rings. The van der Waals surface area contributed by atoms with Crippen molar-refractivity contribution in [2.75, 3.05) is 13.7 Å². The van der Waals surface area contributed by atoms with Crippen LogP contribution in [0.25, 0.3) is 5.69 Å². The number of Topliss-reactive ketones (excluding diaryl/α,β-unsaturated/α-hetero) is 1. The second kappa shape index (κ2) is 10.9. The summed E-state index contributed by atoms with van der Waals surface area (Å²) in [5.41, 5.74) is 9.05. The maximum atomic E-state index is 12.9. The topological polar surface area (TPSA) is 95.4 Å². The number of carbonyl (C=O) groups excluding carboxylic acids is 1. The van der Waals surface area contributed by atoms with Gasteiger partial charge in [0.25, 0.3) is 0 Å². The van der Waals surface area contributed by atoms with Crippen LogP contribution in [0.2, 0.25) is 5.02 Å². The third-order valence-corrected chi connectivity index (χ3v) is 6.33. The molecule has 2 aromatic carbocycles. The van der Waals surface area contributed by atoms with Gasteiger partial charge in [-0.3, -0.25) is 14.4 Å². The van der Waals surface area contributed by atoms with Crippen LogP contribution < -0.4 is 10.5 Å². The molecular formula is C26H30ClN5O2. The van der Waals surface area contributed by atoms with Gasteiger partial charge in [0.1, 0.15) is 23.4 Å². The summed E-state index contributed by atoms with van der Waals surface area (Å²) in [6.45, 7) is 2.60. The van der Waals surface area contributed by atoms with Crippen LogP contribution in [0.4, 0.5) is 0 Å². The van der Waals surface area contributed by atoms with Crippen molar-refractivity contribution < 1.29 is 9.53 Å². The van der Waals surface area contributed by atoms with E-state index in [0.29, 0.717) is 23.8 Å². The number of nitrogens with zero attached hydrogens (tertiary/aromatic N) is 4. The minimum atomic E-state index is -0.443. The van der Waals surface area contributed by atoms with E-state index in [-0.39, 0.29) is 12.2 Å². The molecule has 3 aromatic rings. The first-order valence-corrected chi connectivity index (χ1v) is 12.1. The van der Waals surface area contributed by atoms with Crippen LogP contribution in [-0.2, 0) is 4.79 Å². The molecule has 2 heterocycles. The molecule has 8 heteroatoms. The number of halogens is 1. The second-order valence-corrected chi connectivity index (χ2v) is 8.96. The summed E-state index contributed by atoms with van der Waals surface area (Å²) in [5.74, 6) is 2.31. The van der Waals surface area contributed by atoms with Gasteiger partial charge in [0.15, 0.2) is 5.82 Å². The molecule has 34 heavy (non-hydrogen) atoms. The molecule has 0 saturated heterocycles. The molecule has 2 N–H and O–H groups in total. The van der Waals surface area contributed by atoms with E-state index in [2.05, 4.69) is 10.2 Å². The van der Waals surface area contributed by atoms with Crippen molar-refractivity contribution in [3.63, 3.8) is 0 Å². The number of methoxy groups -OCH3 is 1. The summed E-state index contributed by atoms with van der Waals surface area (Å²) < 4.78 is 7.51. The van der Waals surface area contributed by atoms with Gasteiger partial charge >= 0.3 is 0 Å². The second-order valence-electron chi connectivity index (χ2n) is 8.52. The average Bonchev–Trinajstić information content (AvgIpc) is 3.16. The highest BCUT2D eigenvalue weighted by atomic mass is 35.5. The number of hydrogen-bond acceptors (Lipinski definition) is 6. The summed E-state index contributed by atoms with van der Waals surface area (Å²) in [6, 6.07) is 13.0. The zero-order chi connectivity index (χ0) is 24.1. The van der Waals surface area contributed by atoms with Gasteiger partial charge in [-0.1, -0.05) is 36.6 Å². The molecule has 0 saturated carbocycles. The SMILES string of the molecule is COc1ccc2c(c1)C(c1ccc(Cl)cc1)=NC(CC(=O)CCCCCCN)c1nnc(C)n1-2. The summed E-state index contributed by atoms with van der Waals surface area (Å²) in [7, 11) is 1.64. The number of nitrogens with two attached hydrogens (primary N) is 1. The molecule has 1 aliphatic heterocycles. The first kappa shape index (κ1) is 24.1. The van der Waals surface area contributed by atoms with Gasteiger partial charge in [-0.25, -0.2) is 0 Å². The smallest absolute Gasteiger partial charge is 0.162 e. The largest absolute Gasteiger partial charge is 0.497 e. The van der Waals surface area contributed by atoms with Gasteiger partial charge in [-0.15, -0.1) is 10.2 Å². The minimum absolute atomic E-state index is 0.174. The molecule has 178 valence electrons. The Labute approximate surface area is 205 Å². The van der Waals surface area contributed by atoms with Crippen molar-refractivity contribution in [3.8, 4) is 11.4 Å². The Morgan fingerprint density at radius 2 is 1.85 bits per heavy atom. The first-order chi connectivity index (χ1) is 16.5. The Kier molecular flexibility index (Phi) is 7.75. The molecule has 0 fully saturated rings. The quantitative estimate of drug-likeness (QED) is 0.413. The molecule has 0 amide bonds. The van der Waals surface area contributed by atoms with E-state index in [1.165, 1.54) is 0 Å². The monoisotopic (exact) mass is 479 g/mol. The molecule has 0 aliphatic carbocycles. The van der Waals surface area contributed by atoms with Crippen LogP contribution in [0.15, 0.2) is 47.5 Å². The number of aryl methyl sites for hydroxylation is 1. The normalized spacial score (nSPS) is 14.7. The maximum absolute atomic E-state index is 12.9. The van der Waals surface area contributed by atoms with E-state index < -0.39 is 6.04 Å². The van der Waals surface area contributed by atoms with Crippen LogP contribution >= 0.6 is 11.6 Å². The van der Waals surface area contributed by atoms with Gasteiger partial charge < -0.3 is 10.5 Å². The van der Waals surface area contributed by atoms with Gasteiger partial charge in [0, 0.05) is 29.0 Å². The highest BCUT2D eigenvalue weighted by Gasteiger charge is 2.29. The number of carbonyl (C=O) groups is 1. The molecule has 4 rings (SSSR count). The first-order valence-electron chi connectivity index (χ1n) is 11.7. The lowest BCUT2D eigenvalue weighted by Gasteiger charge is -2.14. The Balaban J connectivity index is 1.74. The summed E-state index contributed by atoms with van der Waals surface area (Å²) in [4.78, 5) is 18.0. The summed E-state index contributed by atoms with van der Waals surface area (Å²) in [6.07, 6.45) is 4.72. The van der Waals surface area contributed by atoms with E-state index in [1.54, 1.807) is 7.11 Å². The van der Waals surface area contributed by atoms with Crippen molar-refractivity contribution in [1.82, 2.24) is 14.8 Å². The van der Waals surface area contributed by atoms with Crippen LogP contribution in [-0.4, -0.2) is 39.9 Å². The van der Waals surface area contributed by atoms with E-state index in [0.717, 1.165) is 59.8 Å². The lowest BCUT2D eigenvalue weighted by molar-refractivity contribution is -0.119. The number of aromatic nitrogens is 3. The molecule has 7 nitrogen and oxygen atoms in total. The number of aliphatic imine (C=N–C) groups is 1. The molecule has 0 bridgehead atoms. The van der Waals surface area contributed by atoms with Gasteiger partial charge in [0.2, 0.25) is 0 Å². The van der Waals surface area contributed by atoms with Gasteiger partial charge in [0.05, 0.1) is 18.5 Å². The zero-order valence-electron chi connectivity index (χ0n) is 19.6. The van der Waals surface area contributed by atoms with Gasteiger partial charge in [-0.05, 0) is 56.6 Å². The Morgan fingerprint density at radius 3 is 2.59 bits per heavy atom. The lowest BCUT2D eigenvalue weighted by atomic mass is 9.99. The number of fused-ring (bicyclic) bond motifs is 3. The van der Waals surface area contributed by atoms with E-state index in [9.17, 15) is 4.79 Å². The van der Waals surface area contributed by atoms with E-state index in [1.807, 2.05) is 54.0 Å². The lowest BCUT2D eigenvalue weighted by Crippen LogP contribution is -2.11. The van der Waals surface area contributed by atoms with Crippen molar-refractivity contribution in [2.24, 2.45) is 10.7 Å². The Hall–Kier alpha value is -3.03. The average molecular weight is 480 g/mol. The van der Waals surface area contributed by atoms with E-state index in [4.69, 9.17) is 27.1 Å². The molecule has 1 unspecified atom stereocenters.